The lowest BCUT2D eigenvalue weighted by molar-refractivity contribution is -0.384. The summed E-state index contributed by atoms with van der Waals surface area (Å²) in [4.78, 5) is 25.7. The Kier molecular flexibility index (Phi) is 7.37. The van der Waals surface area contributed by atoms with Crippen LogP contribution in [0, 0.1) is 10.1 Å². The summed E-state index contributed by atoms with van der Waals surface area (Å²) in [6.45, 7) is 5.47. The molecule has 172 valence electrons. The molecule has 9 nitrogen and oxygen atoms in total. The molecule has 0 aromatic heterocycles. The Morgan fingerprint density at radius 1 is 1.16 bits per heavy atom. The number of anilines is 2. The van der Waals surface area contributed by atoms with Gasteiger partial charge in [-0.05, 0) is 43.2 Å². The van der Waals surface area contributed by atoms with Crippen molar-refractivity contribution < 1.29 is 18.1 Å². The molecule has 0 unspecified atom stereocenters. The van der Waals surface area contributed by atoms with Crippen LogP contribution in [0.5, 0.6) is 0 Å². The molecule has 0 aliphatic carbocycles. The van der Waals surface area contributed by atoms with Gasteiger partial charge in [0.25, 0.3) is 11.6 Å². The molecule has 0 atom stereocenters. The molecule has 11 heteroatoms. The molecule has 0 spiro atoms. The van der Waals surface area contributed by atoms with Crippen molar-refractivity contribution in [3.63, 3.8) is 0 Å². The summed E-state index contributed by atoms with van der Waals surface area (Å²) in [5, 5.41) is 14.2. The molecule has 2 aromatic carbocycles. The third-order valence-corrected chi connectivity index (χ3v) is 7.92. The van der Waals surface area contributed by atoms with Crippen molar-refractivity contribution in [2.45, 2.75) is 31.6 Å². The minimum Gasteiger partial charge on any atom is -0.366 e. The van der Waals surface area contributed by atoms with Crippen LogP contribution in [0.2, 0.25) is 5.02 Å². The lowest BCUT2D eigenvalue weighted by Gasteiger charge is -2.20. The summed E-state index contributed by atoms with van der Waals surface area (Å²) < 4.78 is 27.0. The van der Waals surface area contributed by atoms with Gasteiger partial charge in [0.2, 0.25) is 10.0 Å². The van der Waals surface area contributed by atoms with Crippen LogP contribution in [0.25, 0.3) is 0 Å². The highest BCUT2D eigenvalue weighted by atomic mass is 35.5. The summed E-state index contributed by atoms with van der Waals surface area (Å²) in [5.41, 5.74) is 0.669. The number of carbonyl (C=O) groups is 1. The van der Waals surface area contributed by atoms with Crippen molar-refractivity contribution in [2.75, 3.05) is 36.4 Å². The van der Waals surface area contributed by atoms with E-state index in [2.05, 4.69) is 5.32 Å². The first-order valence-electron chi connectivity index (χ1n) is 10.3. The maximum atomic E-state index is 12.9. The molecule has 0 radical (unpaired) electrons. The van der Waals surface area contributed by atoms with Gasteiger partial charge in [-0.15, -0.1) is 0 Å². The summed E-state index contributed by atoms with van der Waals surface area (Å²) >= 11 is 6.13. The zero-order chi connectivity index (χ0) is 23.5. The molecule has 1 aliphatic rings. The molecule has 1 saturated heterocycles. The standard InChI is InChI=1S/C21H25ClN4O5S/c1-3-25(4-2)32(30,31)20-14-16(8-9-17(20)22)23-21(27)15-7-10-18(19(13-15)26(28)29)24-11-5-6-12-24/h7-10,13-14H,3-6,11-12H2,1-2H3,(H,23,27). The van der Waals surface area contributed by atoms with Crippen molar-refractivity contribution >= 4 is 44.6 Å². The second kappa shape index (κ2) is 9.85. The van der Waals surface area contributed by atoms with E-state index in [0.717, 1.165) is 25.9 Å². The Morgan fingerprint density at radius 2 is 1.81 bits per heavy atom. The number of rotatable bonds is 8. The van der Waals surface area contributed by atoms with E-state index in [1.54, 1.807) is 19.9 Å². The van der Waals surface area contributed by atoms with Crippen molar-refractivity contribution in [3.8, 4) is 0 Å². The Hall–Kier alpha value is -2.69. The zero-order valence-corrected chi connectivity index (χ0v) is 19.4. The van der Waals surface area contributed by atoms with E-state index in [-0.39, 0.29) is 39.9 Å². The Morgan fingerprint density at radius 3 is 2.41 bits per heavy atom. The largest absolute Gasteiger partial charge is 0.366 e. The fourth-order valence-corrected chi connectivity index (χ4v) is 5.68. The number of hydrogen-bond donors (Lipinski definition) is 1. The molecule has 1 aliphatic heterocycles. The number of nitrogens with zero attached hydrogens (tertiary/aromatic N) is 3. The minimum atomic E-state index is -3.83. The number of nitrogens with one attached hydrogen (secondary N) is 1. The topological polar surface area (TPSA) is 113 Å². The molecular formula is C21H25ClN4O5S. The lowest BCUT2D eigenvalue weighted by atomic mass is 10.1. The number of nitro benzene ring substituents is 1. The van der Waals surface area contributed by atoms with E-state index in [0.29, 0.717) is 5.69 Å². The zero-order valence-electron chi connectivity index (χ0n) is 17.9. The first kappa shape index (κ1) is 24.0. The summed E-state index contributed by atoms with van der Waals surface area (Å²) in [7, 11) is -3.83. The third kappa shape index (κ3) is 4.87. The van der Waals surface area contributed by atoms with E-state index in [4.69, 9.17) is 11.6 Å². The molecule has 1 N–H and O–H groups in total. The van der Waals surface area contributed by atoms with Gasteiger partial charge in [0.05, 0.1) is 9.95 Å². The number of sulfonamides is 1. The van der Waals surface area contributed by atoms with Crippen molar-refractivity contribution in [1.82, 2.24) is 4.31 Å². The van der Waals surface area contributed by atoms with Crippen molar-refractivity contribution in [2.24, 2.45) is 0 Å². The van der Waals surface area contributed by atoms with Crippen LogP contribution in [0.1, 0.15) is 37.0 Å². The SMILES string of the molecule is CCN(CC)S(=O)(=O)c1cc(NC(=O)c2ccc(N3CCCC3)c([N+](=O)[O-])c2)ccc1Cl. The number of hydrogen-bond acceptors (Lipinski definition) is 6. The molecule has 1 heterocycles. The van der Waals surface area contributed by atoms with Gasteiger partial charge in [-0.1, -0.05) is 25.4 Å². The van der Waals surface area contributed by atoms with Crippen LogP contribution in [-0.4, -0.2) is 49.7 Å². The molecule has 32 heavy (non-hydrogen) atoms. The van der Waals surface area contributed by atoms with Gasteiger partial charge in [0, 0.05) is 43.5 Å². The highest BCUT2D eigenvalue weighted by Gasteiger charge is 2.26. The maximum absolute atomic E-state index is 12.9. The van der Waals surface area contributed by atoms with Crippen LogP contribution in [0.4, 0.5) is 17.1 Å². The normalized spacial score (nSPS) is 14.1. The van der Waals surface area contributed by atoms with Crippen molar-refractivity contribution in [3.05, 3.63) is 57.1 Å². The monoisotopic (exact) mass is 480 g/mol. The average molecular weight is 481 g/mol. The number of benzene rings is 2. The highest BCUT2D eigenvalue weighted by molar-refractivity contribution is 7.89. The smallest absolute Gasteiger partial charge is 0.293 e. The third-order valence-electron chi connectivity index (χ3n) is 5.39. The van der Waals surface area contributed by atoms with E-state index in [1.165, 1.54) is 34.6 Å². The second-order valence-electron chi connectivity index (χ2n) is 7.34. The van der Waals surface area contributed by atoms with E-state index in [9.17, 15) is 23.3 Å². The average Bonchev–Trinajstić information content (AvgIpc) is 3.30. The molecule has 0 bridgehead atoms. The van der Waals surface area contributed by atoms with Crippen LogP contribution < -0.4 is 10.2 Å². The van der Waals surface area contributed by atoms with Gasteiger partial charge in [-0.25, -0.2) is 8.42 Å². The summed E-state index contributed by atoms with van der Waals surface area (Å²) in [6, 6.07) is 8.52. The number of halogens is 1. The maximum Gasteiger partial charge on any atom is 0.293 e. The minimum absolute atomic E-state index is 0.0421. The molecule has 1 amide bonds. The first-order valence-corrected chi connectivity index (χ1v) is 12.1. The van der Waals surface area contributed by atoms with Crippen LogP contribution in [-0.2, 0) is 10.0 Å². The number of carbonyl (C=O) groups excluding carboxylic acids is 1. The Balaban J connectivity index is 1.89. The quantitative estimate of drug-likeness (QED) is 0.449. The highest BCUT2D eigenvalue weighted by Crippen LogP contribution is 2.32. The Labute approximate surface area is 192 Å². The van der Waals surface area contributed by atoms with E-state index < -0.39 is 20.9 Å². The predicted molar refractivity (Wildman–Crippen MR) is 124 cm³/mol. The molecule has 2 aromatic rings. The van der Waals surface area contributed by atoms with E-state index >= 15 is 0 Å². The molecule has 1 fully saturated rings. The van der Waals surface area contributed by atoms with Crippen molar-refractivity contribution in [1.29, 1.82) is 0 Å². The van der Waals surface area contributed by atoms with Gasteiger partial charge < -0.3 is 10.2 Å². The summed E-state index contributed by atoms with van der Waals surface area (Å²) in [6.07, 6.45) is 1.93. The van der Waals surface area contributed by atoms with Gasteiger partial charge in [0.15, 0.2) is 0 Å². The molecular weight excluding hydrogens is 456 g/mol. The number of amides is 1. The molecule has 3 rings (SSSR count). The Bertz CT molecular complexity index is 1130. The second-order valence-corrected chi connectivity index (χ2v) is 9.66. The lowest BCUT2D eigenvalue weighted by Crippen LogP contribution is -2.30. The fourth-order valence-electron chi connectivity index (χ4n) is 3.72. The fraction of sp³-hybridized carbons (Fsp3) is 0.381. The number of nitro groups is 1. The van der Waals surface area contributed by atoms with E-state index in [1.807, 2.05) is 4.90 Å². The predicted octanol–water partition coefficient (Wildman–Crippen LogP) is 4.13. The first-order chi connectivity index (χ1) is 15.2. The van der Waals surface area contributed by atoms with Gasteiger partial charge in [-0.3, -0.25) is 14.9 Å². The van der Waals surface area contributed by atoms with Crippen LogP contribution in [0.15, 0.2) is 41.3 Å². The van der Waals surface area contributed by atoms with Crippen LogP contribution in [0.3, 0.4) is 0 Å². The van der Waals surface area contributed by atoms with Crippen LogP contribution >= 0.6 is 11.6 Å². The van der Waals surface area contributed by atoms with Gasteiger partial charge in [0.1, 0.15) is 10.6 Å². The molecule has 0 saturated carbocycles. The van der Waals surface area contributed by atoms with Gasteiger partial charge in [-0.2, -0.15) is 4.31 Å². The summed E-state index contributed by atoms with van der Waals surface area (Å²) in [5.74, 6) is -0.588. The van der Waals surface area contributed by atoms with Gasteiger partial charge >= 0.3 is 0 Å².